The summed E-state index contributed by atoms with van der Waals surface area (Å²) in [5, 5.41) is 4.77. The van der Waals surface area contributed by atoms with Crippen LogP contribution in [0.4, 0.5) is 0 Å². The van der Waals surface area contributed by atoms with Crippen LogP contribution in [0.2, 0.25) is 0 Å². The van der Waals surface area contributed by atoms with Crippen molar-refractivity contribution < 1.29 is 0 Å². The highest BCUT2D eigenvalue weighted by Crippen LogP contribution is 2.27. The van der Waals surface area contributed by atoms with Gasteiger partial charge in [0, 0.05) is 17.3 Å². The van der Waals surface area contributed by atoms with E-state index in [4.69, 9.17) is 0 Å². The third kappa shape index (κ3) is 4.36. The van der Waals surface area contributed by atoms with Gasteiger partial charge in [-0.3, -0.25) is 0 Å². The normalized spacial score (nSPS) is 29.4. The van der Waals surface area contributed by atoms with Crippen LogP contribution in [0, 0.1) is 5.92 Å². The highest BCUT2D eigenvalue weighted by molar-refractivity contribution is 7.99. The van der Waals surface area contributed by atoms with E-state index in [1.807, 2.05) is 0 Å². The fourth-order valence-corrected chi connectivity index (χ4v) is 3.29. The van der Waals surface area contributed by atoms with Gasteiger partial charge < -0.3 is 5.32 Å². The molecule has 0 aromatic heterocycles. The summed E-state index contributed by atoms with van der Waals surface area (Å²) in [4.78, 5) is 0. The van der Waals surface area contributed by atoms with E-state index in [9.17, 15) is 0 Å². The van der Waals surface area contributed by atoms with E-state index in [0.29, 0.717) is 0 Å². The van der Waals surface area contributed by atoms with E-state index in [0.717, 1.165) is 23.3 Å². The van der Waals surface area contributed by atoms with Crippen LogP contribution in [-0.2, 0) is 0 Å². The molecule has 1 aliphatic rings. The molecule has 1 fully saturated rings. The summed E-state index contributed by atoms with van der Waals surface area (Å²) in [6.07, 6.45) is 9.10. The molecule has 1 rings (SSSR count). The van der Waals surface area contributed by atoms with Crippen molar-refractivity contribution in [3.05, 3.63) is 0 Å². The van der Waals surface area contributed by atoms with Crippen LogP contribution in [0.5, 0.6) is 0 Å². The van der Waals surface area contributed by atoms with Crippen molar-refractivity contribution in [2.75, 3.05) is 6.26 Å². The molecular weight excluding hydrogens is 202 g/mol. The standard InChI is InChI=1S/C13H27NS/c1-5-13(10(2)3)14-11-6-8-12(15-4)9-7-11/h10-14H,5-9H2,1-4H3. The van der Waals surface area contributed by atoms with Crippen molar-refractivity contribution in [2.45, 2.75) is 70.2 Å². The Balaban J connectivity index is 2.28. The van der Waals surface area contributed by atoms with Crippen molar-refractivity contribution in [1.82, 2.24) is 5.32 Å². The van der Waals surface area contributed by atoms with Crippen LogP contribution in [0.25, 0.3) is 0 Å². The minimum Gasteiger partial charge on any atom is -0.311 e. The second-order valence-corrected chi connectivity index (χ2v) is 6.27. The number of hydrogen-bond acceptors (Lipinski definition) is 2. The first-order chi connectivity index (χ1) is 7.17. The molecule has 0 aromatic carbocycles. The highest BCUT2D eigenvalue weighted by Gasteiger charge is 2.22. The third-order valence-electron chi connectivity index (χ3n) is 3.70. The first-order valence-electron chi connectivity index (χ1n) is 6.46. The van der Waals surface area contributed by atoms with Crippen molar-refractivity contribution in [3.8, 4) is 0 Å². The largest absolute Gasteiger partial charge is 0.311 e. The van der Waals surface area contributed by atoms with Gasteiger partial charge in [0.25, 0.3) is 0 Å². The Morgan fingerprint density at radius 3 is 2.20 bits per heavy atom. The van der Waals surface area contributed by atoms with Gasteiger partial charge in [0.2, 0.25) is 0 Å². The molecule has 1 nitrogen and oxygen atoms in total. The molecule has 0 bridgehead atoms. The molecular formula is C13H27NS. The summed E-state index contributed by atoms with van der Waals surface area (Å²) in [5.41, 5.74) is 0. The van der Waals surface area contributed by atoms with Crippen LogP contribution in [0.15, 0.2) is 0 Å². The van der Waals surface area contributed by atoms with Gasteiger partial charge in [0.1, 0.15) is 0 Å². The van der Waals surface area contributed by atoms with Gasteiger partial charge in [-0.2, -0.15) is 11.8 Å². The molecule has 0 saturated heterocycles. The van der Waals surface area contributed by atoms with Gasteiger partial charge in [-0.05, 0) is 44.3 Å². The van der Waals surface area contributed by atoms with Crippen LogP contribution in [0.1, 0.15) is 52.9 Å². The van der Waals surface area contributed by atoms with E-state index in [-0.39, 0.29) is 0 Å². The van der Waals surface area contributed by atoms with E-state index in [1.165, 1.54) is 32.1 Å². The van der Waals surface area contributed by atoms with Crippen molar-refractivity contribution in [2.24, 2.45) is 5.92 Å². The van der Waals surface area contributed by atoms with Gasteiger partial charge in [0.05, 0.1) is 0 Å². The molecule has 0 radical (unpaired) electrons. The SMILES string of the molecule is CCC(NC1CCC(SC)CC1)C(C)C. The topological polar surface area (TPSA) is 12.0 Å². The number of nitrogens with one attached hydrogen (secondary N) is 1. The lowest BCUT2D eigenvalue weighted by Gasteiger charge is -2.32. The molecule has 1 N–H and O–H groups in total. The predicted molar refractivity (Wildman–Crippen MR) is 71.6 cm³/mol. The quantitative estimate of drug-likeness (QED) is 0.772. The lowest BCUT2D eigenvalue weighted by atomic mass is 9.92. The smallest absolute Gasteiger partial charge is 0.00900 e. The summed E-state index contributed by atoms with van der Waals surface area (Å²) < 4.78 is 0. The summed E-state index contributed by atoms with van der Waals surface area (Å²) in [6, 6.07) is 1.52. The Bertz CT molecular complexity index is 162. The summed E-state index contributed by atoms with van der Waals surface area (Å²) in [6.45, 7) is 6.95. The molecule has 0 heterocycles. The Morgan fingerprint density at radius 2 is 1.80 bits per heavy atom. The maximum Gasteiger partial charge on any atom is 0.00900 e. The van der Waals surface area contributed by atoms with Gasteiger partial charge in [0.15, 0.2) is 0 Å². The minimum atomic E-state index is 0.723. The maximum atomic E-state index is 3.84. The van der Waals surface area contributed by atoms with Crippen molar-refractivity contribution >= 4 is 11.8 Å². The molecule has 1 atom stereocenters. The fourth-order valence-electron chi connectivity index (χ4n) is 2.55. The van der Waals surface area contributed by atoms with Crippen LogP contribution in [0.3, 0.4) is 0 Å². The number of thioether (sulfide) groups is 1. The number of hydrogen-bond donors (Lipinski definition) is 1. The monoisotopic (exact) mass is 229 g/mol. The minimum absolute atomic E-state index is 0.723. The van der Waals surface area contributed by atoms with Crippen LogP contribution < -0.4 is 5.32 Å². The molecule has 0 spiro atoms. The van der Waals surface area contributed by atoms with Crippen molar-refractivity contribution in [3.63, 3.8) is 0 Å². The first kappa shape index (κ1) is 13.4. The van der Waals surface area contributed by atoms with Gasteiger partial charge in [-0.15, -0.1) is 0 Å². The highest BCUT2D eigenvalue weighted by atomic mass is 32.2. The predicted octanol–water partition coefficient (Wildman–Crippen LogP) is 3.68. The van der Waals surface area contributed by atoms with Crippen molar-refractivity contribution in [1.29, 1.82) is 0 Å². The summed E-state index contributed by atoms with van der Waals surface area (Å²) in [5.74, 6) is 0.772. The van der Waals surface area contributed by atoms with Crippen LogP contribution >= 0.6 is 11.8 Å². The first-order valence-corrected chi connectivity index (χ1v) is 7.75. The second-order valence-electron chi connectivity index (χ2n) is 5.13. The Morgan fingerprint density at radius 1 is 1.20 bits per heavy atom. The molecule has 1 saturated carbocycles. The Labute approximate surface area is 99.8 Å². The van der Waals surface area contributed by atoms with Gasteiger partial charge in [-0.1, -0.05) is 20.8 Å². The molecule has 0 amide bonds. The zero-order chi connectivity index (χ0) is 11.3. The average molecular weight is 229 g/mol. The van der Waals surface area contributed by atoms with E-state index in [1.54, 1.807) is 0 Å². The summed E-state index contributed by atoms with van der Waals surface area (Å²) >= 11 is 2.05. The maximum absolute atomic E-state index is 3.84. The molecule has 1 aliphatic carbocycles. The zero-order valence-corrected chi connectivity index (χ0v) is 11.6. The lowest BCUT2D eigenvalue weighted by Crippen LogP contribution is -2.43. The molecule has 1 unspecified atom stereocenters. The third-order valence-corrected chi connectivity index (χ3v) is 4.84. The molecule has 15 heavy (non-hydrogen) atoms. The van der Waals surface area contributed by atoms with E-state index < -0.39 is 0 Å². The number of rotatable bonds is 5. The fraction of sp³-hybridized carbons (Fsp3) is 1.00. The zero-order valence-electron chi connectivity index (χ0n) is 10.8. The van der Waals surface area contributed by atoms with E-state index >= 15 is 0 Å². The lowest BCUT2D eigenvalue weighted by molar-refractivity contribution is 0.295. The Kier molecular flexibility index (Phi) is 6.06. The Hall–Kier alpha value is 0.310. The second kappa shape index (κ2) is 6.80. The van der Waals surface area contributed by atoms with Gasteiger partial charge in [-0.25, -0.2) is 0 Å². The van der Waals surface area contributed by atoms with Crippen LogP contribution in [-0.4, -0.2) is 23.6 Å². The molecule has 2 heteroatoms. The average Bonchev–Trinajstić information content (AvgIpc) is 2.26. The summed E-state index contributed by atoms with van der Waals surface area (Å²) in [7, 11) is 0. The molecule has 90 valence electrons. The van der Waals surface area contributed by atoms with E-state index in [2.05, 4.69) is 44.1 Å². The molecule has 0 aromatic rings. The van der Waals surface area contributed by atoms with Gasteiger partial charge >= 0.3 is 0 Å². The molecule has 0 aliphatic heterocycles.